The van der Waals surface area contributed by atoms with Crippen LogP contribution in [0, 0.1) is 17.5 Å². The van der Waals surface area contributed by atoms with E-state index in [0.29, 0.717) is 0 Å². The molecule has 0 radical (unpaired) electrons. The molecule has 2 aromatic carbocycles. The summed E-state index contributed by atoms with van der Waals surface area (Å²) in [6.07, 6.45) is 0. The van der Waals surface area contributed by atoms with Crippen molar-refractivity contribution in [3.63, 3.8) is 0 Å². The van der Waals surface area contributed by atoms with Gasteiger partial charge in [0.25, 0.3) is 0 Å². The minimum Gasteiger partial charge on any atom is -0.320 e. The van der Waals surface area contributed by atoms with Crippen LogP contribution >= 0.6 is 11.6 Å². The van der Waals surface area contributed by atoms with Crippen molar-refractivity contribution in [1.29, 1.82) is 0 Å². The van der Waals surface area contributed by atoms with Crippen LogP contribution in [0.2, 0.25) is 5.02 Å². The van der Waals surface area contributed by atoms with Gasteiger partial charge in [0, 0.05) is 10.6 Å². The van der Waals surface area contributed by atoms with Crippen molar-refractivity contribution in [2.75, 3.05) is 0 Å². The van der Waals surface area contributed by atoms with Gasteiger partial charge in [-0.25, -0.2) is 13.2 Å². The zero-order chi connectivity index (χ0) is 13.3. The van der Waals surface area contributed by atoms with Crippen LogP contribution in [0.4, 0.5) is 13.2 Å². The van der Waals surface area contributed by atoms with Gasteiger partial charge < -0.3 is 5.73 Å². The minimum absolute atomic E-state index is 0.0374. The first-order valence-electron chi connectivity index (χ1n) is 5.15. The zero-order valence-corrected chi connectivity index (χ0v) is 9.89. The fourth-order valence-corrected chi connectivity index (χ4v) is 1.94. The Kier molecular flexibility index (Phi) is 3.59. The predicted octanol–water partition coefficient (Wildman–Crippen LogP) is 3.81. The molecule has 0 saturated heterocycles. The molecule has 0 saturated carbocycles. The average Bonchev–Trinajstić information content (AvgIpc) is 2.33. The van der Waals surface area contributed by atoms with E-state index in [4.69, 9.17) is 17.3 Å². The molecule has 18 heavy (non-hydrogen) atoms. The molecule has 1 unspecified atom stereocenters. The number of halogens is 4. The SMILES string of the molecule is NC(c1ccccc1F)c1cc(F)c(F)cc1Cl. The van der Waals surface area contributed by atoms with Gasteiger partial charge in [0.2, 0.25) is 0 Å². The molecule has 0 aliphatic rings. The molecule has 94 valence electrons. The van der Waals surface area contributed by atoms with E-state index in [0.717, 1.165) is 12.1 Å². The van der Waals surface area contributed by atoms with Crippen LogP contribution in [0.15, 0.2) is 36.4 Å². The first kappa shape index (κ1) is 12.9. The fourth-order valence-electron chi connectivity index (χ4n) is 1.67. The third-order valence-corrected chi connectivity index (χ3v) is 2.94. The maximum atomic E-state index is 13.5. The molecule has 5 heteroatoms. The molecule has 2 aromatic rings. The summed E-state index contributed by atoms with van der Waals surface area (Å²) in [6, 6.07) is 6.58. The van der Waals surface area contributed by atoms with Crippen LogP contribution in [-0.4, -0.2) is 0 Å². The molecule has 0 spiro atoms. The number of nitrogens with two attached hydrogens (primary N) is 1. The van der Waals surface area contributed by atoms with Gasteiger partial charge in [0.1, 0.15) is 5.82 Å². The Morgan fingerprint density at radius 3 is 2.17 bits per heavy atom. The normalized spacial score (nSPS) is 12.5. The van der Waals surface area contributed by atoms with E-state index < -0.39 is 23.5 Å². The first-order valence-corrected chi connectivity index (χ1v) is 5.53. The van der Waals surface area contributed by atoms with Gasteiger partial charge in [-0.3, -0.25) is 0 Å². The molecule has 0 aromatic heterocycles. The predicted molar refractivity (Wildman–Crippen MR) is 63.8 cm³/mol. The van der Waals surface area contributed by atoms with Crippen molar-refractivity contribution in [2.24, 2.45) is 5.73 Å². The summed E-state index contributed by atoms with van der Waals surface area (Å²) in [6.45, 7) is 0. The van der Waals surface area contributed by atoms with Gasteiger partial charge in [-0.2, -0.15) is 0 Å². The van der Waals surface area contributed by atoms with E-state index in [1.165, 1.54) is 18.2 Å². The lowest BCUT2D eigenvalue weighted by atomic mass is 9.99. The number of rotatable bonds is 2. The second kappa shape index (κ2) is 5.00. The van der Waals surface area contributed by atoms with Crippen LogP contribution in [0.1, 0.15) is 17.2 Å². The van der Waals surface area contributed by atoms with E-state index in [-0.39, 0.29) is 16.1 Å². The molecule has 0 aliphatic heterocycles. The van der Waals surface area contributed by atoms with Gasteiger partial charge in [0.05, 0.1) is 6.04 Å². The van der Waals surface area contributed by atoms with Gasteiger partial charge in [-0.05, 0) is 23.8 Å². The van der Waals surface area contributed by atoms with E-state index in [9.17, 15) is 13.2 Å². The molecular formula is C13H9ClF3N. The molecule has 0 aliphatic carbocycles. The molecule has 1 nitrogen and oxygen atoms in total. The Morgan fingerprint density at radius 1 is 0.889 bits per heavy atom. The standard InChI is InChI=1S/C13H9ClF3N/c14-9-6-12(17)11(16)5-8(9)13(18)7-3-1-2-4-10(7)15/h1-6,13H,18H2. The van der Waals surface area contributed by atoms with Gasteiger partial charge in [-0.1, -0.05) is 29.8 Å². The maximum Gasteiger partial charge on any atom is 0.160 e. The zero-order valence-electron chi connectivity index (χ0n) is 9.13. The lowest BCUT2D eigenvalue weighted by Crippen LogP contribution is -2.14. The van der Waals surface area contributed by atoms with Crippen molar-refractivity contribution >= 4 is 11.6 Å². The van der Waals surface area contributed by atoms with E-state index in [1.807, 2.05) is 0 Å². The van der Waals surface area contributed by atoms with E-state index in [1.54, 1.807) is 6.07 Å². The van der Waals surface area contributed by atoms with Gasteiger partial charge >= 0.3 is 0 Å². The van der Waals surface area contributed by atoms with Crippen LogP contribution in [0.5, 0.6) is 0 Å². The Labute approximate surface area is 107 Å². The topological polar surface area (TPSA) is 26.0 Å². The van der Waals surface area contributed by atoms with Crippen LogP contribution in [0.25, 0.3) is 0 Å². The first-order chi connectivity index (χ1) is 8.50. The molecule has 2 rings (SSSR count). The summed E-state index contributed by atoms with van der Waals surface area (Å²) in [5.74, 6) is -2.66. The molecule has 2 N–H and O–H groups in total. The minimum atomic E-state index is -1.07. The summed E-state index contributed by atoms with van der Waals surface area (Å²) in [7, 11) is 0. The van der Waals surface area contributed by atoms with Gasteiger partial charge in [0.15, 0.2) is 11.6 Å². The third-order valence-electron chi connectivity index (χ3n) is 2.61. The molecule has 0 amide bonds. The second-order valence-electron chi connectivity index (χ2n) is 3.79. The Bertz CT molecular complexity index is 586. The maximum absolute atomic E-state index is 13.5. The molecular weight excluding hydrogens is 263 g/mol. The van der Waals surface area contributed by atoms with Crippen molar-refractivity contribution in [3.05, 3.63) is 70.0 Å². The van der Waals surface area contributed by atoms with E-state index in [2.05, 4.69) is 0 Å². The van der Waals surface area contributed by atoms with E-state index >= 15 is 0 Å². The van der Waals surface area contributed by atoms with Crippen molar-refractivity contribution in [3.8, 4) is 0 Å². The number of benzene rings is 2. The monoisotopic (exact) mass is 271 g/mol. The molecule has 0 heterocycles. The molecule has 0 fully saturated rings. The Morgan fingerprint density at radius 2 is 1.50 bits per heavy atom. The highest BCUT2D eigenvalue weighted by atomic mass is 35.5. The second-order valence-corrected chi connectivity index (χ2v) is 4.19. The summed E-state index contributed by atoms with van der Waals surface area (Å²) >= 11 is 5.79. The Balaban J connectivity index is 2.50. The summed E-state index contributed by atoms with van der Waals surface area (Å²) in [4.78, 5) is 0. The molecule has 0 bridgehead atoms. The lowest BCUT2D eigenvalue weighted by molar-refractivity contribution is 0.506. The summed E-state index contributed by atoms with van der Waals surface area (Å²) < 4.78 is 39.6. The smallest absolute Gasteiger partial charge is 0.160 e. The van der Waals surface area contributed by atoms with Crippen LogP contribution < -0.4 is 5.73 Å². The number of hydrogen-bond donors (Lipinski definition) is 1. The fraction of sp³-hybridized carbons (Fsp3) is 0.0769. The van der Waals surface area contributed by atoms with Gasteiger partial charge in [-0.15, -0.1) is 0 Å². The van der Waals surface area contributed by atoms with Crippen molar-refractivity contribution < 1.29 is 13.2 Å². The van der Waals surface area contributed by atoms with Crippen LogP contribution in [-0.2, 0) is 0 Å². The third kappa shape index (κ3) is 2.35. The largest absolute Gasteiger partial charge is 0.320 e. The lowest BCUT2D eigenvalue weighted by Gasteiger charge is -2.15. The van der Waals surface area contributed by atoms with Crippen molar-refractivity contribution in [1.82, 2.24) is 0 Å². The highest BCUT2D eigenvalue weighted by Crippen LogP contribution is 2.29. The molecule has 1 atom stereocenters. The number of hydrogen-bond acceptors (Lipinski definition) is 1. The highest BCUT2D eigenvalue weighted by Gasteiger charge is 2.18. The van der Waals surface area contributed by atoms with Crippen molar-refractivity contribution in [2.45, 2.75) is 6.04 Å². The highest BCUT2D eigenvalue weighted by molar-refractivity contribution is 6.31. The average molecular weight is 272 g/mol. The summed E-state index contributed by atoms with van der Waals surface area (Å²) in [5.41, 5.74) is 6.13. The van der Waals surface area contributed by atoms with Crippen LogP contribution in [0.3, 0.4) is 0 Å². The quantitative estimate of drug-likeness (QED) is 0.826. The summed E-state index contributed by atoms with van der Waals surface area (Å²) in [5, 5.41) is -0.0374. The Hall–Kier alpha value is -1.52.